The van der Waals surface area contributed by atoms with Gasteiger partial charge < -0.3 is 0 Å². The molecule has 0 aliphatic rings. The Bertz CT molecular complexity index is 1350. The molecule has 0 amide bonds. The number of hydrazone groups is 1. The maximum absolute atomic E-state index is 12.9. The fourth-order valence-corrected chi connectivity index (χ4v) is 3.43. The molecule has 8 nitrogen and oxygen atoms in total. The van der Waals surface area contributed by atoms with Crippen LogP contribution in [0.15, 0.2) is 73.8 Å². The maximum Gasteiger partial charge on any atom is 0.332 e. The summed E-state index contributed by atoms with van der Waals surface area (Å²) in [5.74, 6) is 0.375. The van der Waals surface area contributed by atoms with Gasteiger partial charge in [-0.2, -0.15) is 10.1 Å². The Labute approximate surface area is 180 Å². The minimum atomic E-state index is -0.429. The van der Waals surface area contributed by atoms with Crippen LogP contribution in [0.1, 0.15) is 11.1 Å². The van der Waals surface area contributed by atoms with Gasteiger partial charge in [0.2, 0.25) is 5.95 Å². The summed E-state index contributed by atoms with van der Waals surface area (Å²) < 4.78 is 5.17. The molecule has 2 aromatic carbocycles. The van der Waals surface area contributed by atoms with Crippen LogP contribution in [-0.4, -0.2) is 24.9 Å². The average molecular weight is 467 g/mol. The standard InChI is InChI=1S/C21H19BrN6O2/c1-26-18-17(19(29)27(2)21(26)30)28(13-15-6-4-3-5-7-15)20(24-18)25-23-12-14-8-10-16(22)11-9-14/h3-12H,13H2,1-2H3,(H,24,25)/b23-12+. The van der Waals surface area contributed by atoms with Gasteiger partial charge in [0.15, 0.2) is 11.2 Å². The lowest BCUT2D eigenvalue weighted by Gasteiger charge is -2.09. The van der Waals surface area contributed by atoms with E-state index < -0.39 is 11.2 Å². The highest BCUT2D eigenvalue weighted by atomic mass is 79.9. The first-order valence-electron chi connectivity index (χ1n) is 9.20. The molecule has 152 valence electrons. The number of hydrogen-bond donors (Lipinski definition) is 1. The fourth-order valence-electron chi connectivity index (χ4n) is 3.17. The average Bonchev–Trinajstić information content (AvgIpc) is 3.11. The monoisotopic (exact) mass is 466 g/mol. The van der Waals surface area contributed by atoms with Crippen molar-refractivity contribution in [2.75, 3.05) is 5.43 Å². The van der Waals surface area contributed by atoms with Crippen molar-refractivity contribution in [2.45, 2.75) is 6.54 Å². The van der Waals surface area contributed by atoms with Crippen LogP contribution in [0.4, 0.5) is 5.95 Å². The Morgan fingerprint density at radius 1 is 1.03 bits per heavy atom. The Morgan fingerprint density at radius 3 is 2.43 bits per heavy atom. The number of fused-ring (bicyclic) bond motifs is 1. The highest BCUT2D eigenvalue weighted by Crippen LogP contribution is 2.18. The lowest BCUT2D eigenvalue weighted by atomic mass is 10.2. The number of anilines is 1. The number of rotatable bonds is 5. The molecule has 0 atom stereocenters. The van der Waals surface area contributed by atoms with Crippen LogP contribution in [0.5, 0.6) is 0 Å². The van der Waals surface area contributed by atoms with E-state index >= 15 is 0 Å². The van der Waals surface area contributed by atoms with Crippen LogP contribution < -0.4 is 16.7 Å². The van der Waals surface area contributed by atoms with Crippen LogP contribution in [0.3, 0.4) is 0 Å². The third-order valence-electron chi connectivity index (χ3n) is 4.78. The highest BCUT2D eigenvalue weighted by molar-refractivity contribution is 9.10. The summed E-state index contributed by atoms with van der Waals surface area (Å²) in [6.07, 6.45) is 1.66. The first-order valence-corrected chi connectivity index (χ1v) is 10.00. The minimum absolute atomic E-state index is 0.306. The molecule has 0 bridgehead atoms. The summed E-state index contributed by atoms with van der Waals surface area (Å²) in [6, 6.07) is 17.4. The third kappa shape index (κ3) is 3.71. The molecule has 4 aromatic rings. The number of aryl methyl sites for hydroxylation is 1. The van der Waals surface area contributed by atoms with Gasteiger partial charge in [-0.3, -0.25) is 18.5 Å². The van der Waals surface area contributed by atoms with Crippen molar-refractivity contribution in [2.24, 2.45) is 19.2 Å². The van der Waals surface area contributed by atoms with Crippen LogP contribution in [0.2, 0.25) is 0 Å². The molecule has 9 heteroatoms. The van der Waals surface area contributed by atoms with Gasteiger partial charge in [-0.15, -0.1) is 0 Å². The number of nitrogens with one attached hydrogen (secondary N) is 1. The molecule has 0 aliphatic carbocycles. The normalized spacial score (nSPS) is 11.4. The van der Waals surface area contributed by atoms with Gasteiger partial charge in [-0.25, -0.2) is 10.2 Å². The van der Waals surface area contributed by atoms with Gasteiger partial charge in [0.05, 0.1) is 12.8 Å². The quantitative estimate of drug-likeness (QED) is 0.361. The molecule has 0 fully saturated rings. The second kappa shape index (κ2) is 8.11. The van der Waals surface area contributed by atoms with Crippen molar-refractivity contribution in [3.05, 3.63) is 91.0 Å². The lowest BCUT2D eigenvalue weighted by Crippen LogP contribution is -2.37. The summed E-state index contributed by atoms with van der Waals surface area (Å²) >= 11 is 3.40. The van der Waals surface area contributed by atoms with E-state index in [0.717, 1.165) is 20.2 Å². The maximum atomic E-state index is 12.9. The molecule has 0 spiro atoms. The van der Waals surface area contributed by atoms with Crippen molar-refractivity contribution in [1.29, 1.82) is 0 Å². The predicted molar refractivity (Wildman–Crippen MR) is 121 cm³/mol. The summed E-state index contributed by atoms with van der Waals surface area (Å²) in [4.78, 5) is 29.7. The van der Waals surface area contributed by atoms with E-state index in [1.54, 1.807) is 17.8 Å². The number of benzene rings is 2. The van der Waals surface area contributed by atoms with E-state index in [1.807, 2.05) is 54.6 Å². The molecule has 2 heterocycles. The molecule has 0 unspecified atom stereocenters. The Morgan fingerprint density at radius 2 is 1.73 bits per heavy atom. The van der Waals surface area contributed by atoms with E-state index in [4.69, 9.17) is 0 Å². The molecule has 0 saturated carbocycles. The van der Waals surface area contributed by atoms with Crippen LogP contribution in [-0.2, 0) is 20.6 Å². The van der Waals surface area contributed by atoms with E-state index in [0.29, 0.717) is 23.7 Å². The van der Waals surface area contributed by atoms with Crippen molar-refractivity contribution in [1.82, 2.24) is 18.7 Å². The molecule has 0 aliphatic heterocycles. The Hall–Kier alpha value is -3.46. The second-order valence-corrected chi connectivity index (χ2v) is 7.72. The van der Waals surface area contributed by atoms with Gasteiger partial charge in [-0.05, 0) is 23.3 Å². The number of hydrogen-bond acceptors (Lipinski definition) is 5. The van der Waals surface area contributed by atoms with Gasteiger partial charge in [0, 0.05) is 18.6 Å². The molecule has 4 rings (SSSR count). The van der Waals surface area contributed by atoms with Crippen LogP contribution in [0.25, 0.3) is 11.2 Å². The molecule has 1 N–H and O–H groups in total. The minimum Gasteiger partial charge on any atom is -0.298 e. The second-order valence-electron chi connectivity index (χ2n) is 6.81. The molecule has 0 saturated heterocycles. The van der Waals surface area contributed by atoms with Crippen molar-refractivity contribution >= 4 is 39.3 Å². The first-order chi connectivity index (χ1) is 14.5. The molecule has 0 radical (unpaired) electrons. The zero-order valence-corrected chi connectivity index (χ0v) is 18.0. The summed E-state index contributed by atoms with van der Waals surface area (Å²) in [6.45, 7) is 0.404. The summed E-state index contributed by atoms with van der Waals surface area (Å²) in [5, 5.41) is 4.27. The molecule has 2 aromatic heterocycles. The first kappa shape index (κ1) is 19.8. The van der Waals surface area contributed by atoms with Gasteiger partial charge in [0.1, 0.15) is 0 Å². The van der Waals surface area contributed by atoms with Gasteiger partial charge in [0.25, 0.3) is 5.56 Å². The van der Waals surface area contributed by atoms with Gasteiger partial charge >= 0.3 is 5.69 Å². The highest BCUT2D eigenvalue weighted by Gasteiger charge is 2.19. The predicted octanol–water partition coefficient (Wildman–Crippen LogP) is 2.69. The number of aromatic nitrogens is 4. The third-order valence-corrected chi connectivity index (χ3v) is 5.31. The number of nitrogens with zero attached hydrogens (tertiary/aromatic N) is 5. The zero-order valence-electron chi connectivity index (χ0n) is 16.4. The number of halogens is 1. The number of imidazole rings is 1. The smallest absolute Gasteiger partial charge is 0.298 e. The SMILES string of the molecule is Cn1c(=O)c2c(nc(N/N=C/c3ccc(Br)cc3)n2Cc2ccccc2)n(C)c1=O. The van der Waals surface area contributed by atoms with E-state index in [2.05, 4.69) is 31.4 Å². The van der Waals surface area contributed by atoms with E-state index in [9.17, 15) is 9.59 Å². The van der Waals surface area contributed by atoms with Crippen molar-refractivity contribution in [3.8, 4) is 0 Å². The van der Waals surface area contributed by atoms with E-state index in [1.165, 1.54) is 11.6 Å². The molecular weight excluding hydrogens is 448 g/mol. The largest absolute Gasteiger partial charge is 0.332 e. The van der Waals surface area contributed by atoms with Crippen molar-refractivity contribution < 1.29 is 0 Å². The topological polar surface area (TPSA) is 86.2 Å². The summed E-state index contributed by atoms with van der Waals surface area (Å²) in [5.41, 5.74) is 4.63. The van der Waals surface area contributed by atoms with Crippen molar-refractivity contribution in [3.63, 3.8) is 0 Å². The van der Waals surface area contributed by atoms with Gasteiger partial charge in [-0.1, -0.05) is 58.4 Å². The lowest BCUT2D eigenvalue weighted by molar-refractivity contribution is 0.702. The molecule has 30 heavy (non-hydrogen) atoms. The fraction of sp³-hybridized carbons (Fsp3) is 0.143. The summed E-state index contributed by atoms with van der Waals surface area (Å²) in [7, 11) is 3.06. The zero-order chi connectivity index (χ0) is 21.3. The van der Waals surface area contributed by atoms with E-state index in [-0.39, 0.29) is 0 Å². The Balaban J connectivity index is 1.81. The van der Waals surface area contributed by atoms with Crippen LogP contribution >= 0.6 is 15.9 Å². The molecular formula is C21H19BrN6O2. The van der Waals surface area contributed by atoms with Crippen LogP contribution in [0, 0.1) is 0 Å². The Kier molecular flexibility index (Phi) is 5.37.